The lowest BCUT2D eigenvalue weighted by Gasteiger charge is -2.38. The first-order valence-corrected chi connectivity index (χ1v) is 15.3. The van der Waals surface area contributed by atoms with Crippen LogP contribution in [-0.4, -0.2) is 64.2 Å². The Morgan fingerprint density at radius 1 is 0.843 bits per heavy atom. The van der Waals surface area contributed by atoms with Crippen molar-refractivity contribution in [3.05, 3.63) is 70.3 Å². The SMILES string of the molecule is CC#CC(=O)C(F)(F)c1cccc([C@@H](C)NC(=O)OC(C)(C)C)c1F.CON(C)C(=O)C(F)(F)c1cccc([C@@H](C)N(C(=O)O)C(C)(C)C)c1F. The number of rotatable bonds is 9. The molecule has 0 unspecified atom stereocenters. The number of carbonyl (C=O) groups is 4. The zero-order valence-electron chi connectivity index (χ0n) is 30.2. The maximum absolute atomic E-state index is 14.8. The van der Waals surface area contributed by atoms with Gasteiger partial charge in [-0.25, -0.2) is 23.4 Å². The number of ether oxygens (including phenoxy) is 1. The van der Waals surface area contributed by atoms with Gasteiger partial charge in [-0.3, -0.25) is 19.3 Å². The third-order valence-corrected chi connectivity index (χ3v) is 7.05. The van der Waals surface area contributed by atoms with Crippen molar-refractivity contribution in [2.75, 3.05) is 14.2 Å². The fraction of sp³-hybridized carbons (Fsp3) is 0.486. The van der Waals surface area contributed by atoms with Gasteiger partial charge in [0.2, 0.25) is 0 Å². The normalized spacial score (nSPS) is 13.0. The number of hydrogen-bond donors (Lipinski definition) is 2. The van der Waals surface area contributed by atoms with E-state index < -0.39 is 81.7 Å². The first kappa shape index (κ1) is 44.2. The van der Waals surface area contributed by atoms with Gasteiger partial charge in [-0.15, -0.1) is 0 Å². The fourth-order valence-electron chi connectivity index (χ4n) is 4.69. The van der Waals surface area contributed by atoms with Crippen molar-refractivity contribution in [3.8, 4) is 11.8 Å². The minimum atomic E-state index is -4.18. The van der Waals surface area contributed by atoms with Crippen LogP contribution in [0.5, 0.6) is 0 Å². The topological polar surface area (TPSA) is 125 Å². The number of nitrogens with one attached hydrogen (secondary N) is 1. The molecule has 0 radical (unpaired) electrons. The molecule has 0 aromatic heterocycles. The minimum Gasteiger partial charge on any atom is -0.465 e. The van der Waals surface area contributed by atoms with Crippen molar-refractivity contribution in [3.63, 3.8) is 0 Å². The molecule has 3 amide bonds. The zero-order valence-corrected chi connectivity index (χ0v) is 30.2. The monoisotopic (exact) mass is 731 g/mol. The van der Waals surface area contributed by atoms with Gasteiger partial charge in [0.25, 0.3) is 5.78 Å². The Morgan fingerprint density at radius 2 is 1.31 bits per heavy atom. The highest BCUT2D eigenvalue weighted by atomic mass is 19.3. The molecular weight excluding hydrogens is 688 g/mol. The molecule has 0 aliphatic carbocycles. The second kappa shape index (κ2) is 17.0. The number of ketones is 1. The second-order valence-electron chi connectivity index (χ2n) is 13.1. The highest BCUT2D eigenvalue weighted by Gasteiger charge is 2.47. The summed E-state index contributed by atoms with van der Waals surface area (Å²) >= 11 is 0. The van der Waals surface area contributed by atoms with Gasteiger partial charge in [-0.1, -0.05) is 30.2 Å². The van der Waals surface area contributed by atoms with Crippen molar-refractivity contribution in [2.45, 2.75) is 97.4 Å². The van der Waals surface area contributed by atoms with Crippen LogP contribution < -0.4 is 5.32 Å². The first-order chi connectivity index (χ1) is 23.2. The van der Waals surface area contributed by atoms with E-state index in [0.29, 0.717) is 5.06 Å². The van der Waals surface area contributed by atoms with Crippen molar-refractivity contribution >= 4 is 23.9 Å². The van der Waals surface area contributed by atoms with Crippen molar-refractivity contribution in [1.29, 1.82) is 0 Å². The molecular formula is C35H43F6N3O7. The van der Waals surface area contributed by atoms with Crippen LogP contribution in [-0.2, 0) is 31.0 Å². The van der Waals surface area contributed by atoms with Gasteiger partial charge in [-0.2, -0.15) is 17.6 Å². The van der Waals surface area contributed by atoms with Gasteiger partial charge >= 0.3 is 29.9 Å². The van der Waals surface area contributed by atoms with E-state index >= 15 is 0 Å². The van der Waals surface area contributed by atoms with Crippen LogP contribution in [0.25, 0.3) is 0 Å². The third-order valence-electron chi connectivity index (χ3n) is 7.05. The number of hydrogen-bond acceptors (Lipinski definition) is 6. The first-order valence-electron chi connectivity index (χ1n) is 15.3. The smallest absolute Gasteiger partial charge is 0.408 e. The summed E-state index contributed by atoms with van der Waals surface area (Å²) in [6.07, 6.45) is -2.14. The van der Waals surface area contributed by atoms with E-state index in [9.17, 15) is 50.6 Å². The highest BCUT2D eigenvalue weighted by Crippen LogP contribution is 2.37. The van der Waals surface area contributed by atoms with Gasteiger partial charge in [0.1, 0.15) is 17.2 Å². The Hall–Kier alpha value is -4.78. The number of alkyl carbamates (subject to hydrolysis) is 1. The van der Waals surface area contributed by atoms with E-state index in [-0.39, 0.29) is 11.1 Å². The number of carbonyl (C=O) groups excluding carboxylic acids is 3. The van der Waals surface area contributed by atoms with E-state index in [1.165, 1.54) is 39.0 Å². The lowest BCUT2D eigenvalue weighted by molar-refractivity contribution is -0.196. The molecule has 0 aliphatic heterocycles. The summed E-state index contributed by atoms with van der Waals surface area (Å²) in [6, 6.07) is 4.39. The molecule has 0 fully saturated rings. The molecule has 2 aromatic rings. The molecule has 16 heteroatoms. The van der Waals surface area contributed by atoms with E-state index in [1.807, 2.05) is 0 Å². The van der Waals surface area contributed by atoms with Crippen molar-refractivity contribution < 1.29 is 60.2 Å². The Morgan fingerprint density at radius 3 is 1.75 bits per heavy atom. The molecule has 0 aliphatic rings. The minimum absolute atomic E-state index is 0.194. The number of Topliss-reactive ketones (excluding diaryl/α,β-unsaturated/α-hetero) is 1. The summed E-state index contributed by atoms with van der Waals surface area (Å²) in [5, 5.41) is 12.1. The summed E-state index contributed by atoms with van der Waals surface area (Å²) in [5.74, 6) is -10.5. The van der Waals surface area contributed by atoms with Crippen molar-refractivity contribution in [2.24, 2.45) is 0 Å². The lowest BCUT2D eigenvalue weighted by Crippen LogP contribution is -2.46. The molecule has 10 nitrogen and oxygen atoms in total. The van der Waals surface area contributed by atoms with Crippen LogP contribution in [0.4, 0.5) is 35.9 Å². The average molecular weight is 732 g/mol. The molecule has 0 saturated carbocycles. The van der Waals surface area contributed by atoms with E-state index in [0.717, 1.165) is 37.3 Å². The largest absolute Gasteiger partial charge is 0.465 e. The summed E-state index contributed by atoms with van der Waals surface area (Å²) in [6.45, 7) is 13.8. The maximum atomic E-state index is 14.8. The molecule has 282 valence electrons. The predicted molar refractivity (Wildman–Crippen MR) is 175 cm³/mol. The van der Waals surface area contributed by atoms with Crippen LogP contribution >= 0.6 is 0 Å². The number of nitrogens with zero attached hydrogens (tertiary/aromatic N) is 2. The molecule has 2 atom stereocenters. The Kier molecular flexibility index (Phi) is 14.7. The molecule has 2 aromatic carbocycles. The molecule has 2 rings (SSSR count). The fourth-order valence-corrected chi connectivity index (χ4v) is 4.69. The van der Waals surface area contributed by atoms with Gasteiger partial charge in [0, 0.05) is 23.7 Å². The van der Waals surface area contributed by atoms with Gasteiger partial charge < -0.3 is 15.2 Å². The average Bonchev–Trinajstić information content (AvgIpc) is 2.98. The van der Waals surface area contributed by atoms with E-state index in [4.69, 9.17) is 4.74 Å². The van der Waals surface area contributed by atoms with Crippen LogP contribution in [0.3, 0.4) is 0 Å². The summed E-state index contributed by atoms with van der Waals surface area (Å²) < 4.78 is 91.6. The number of hydroxylamine groups is 2. The van der Waals surface area contributed by atoms with E-state index in [1.54, 1.807) is 47.5 Å². The standard InChI is InChI=1S/C18H20F3NO3.C17H23F3N2O4/c1-6-8-14(23)18(20,21)13-10-7-9-12(15(13)19)11(2)22-16(24)25-17(3,4)5;1-10(22(15(24)25)16(2,3)4)11-8-7-9-12(13(11)18)17(19,20)14(23)21(5)26-6/h7,9-11H,1-5H3,(H,22,24);7-10H,1-6H3,(H,24,25)/t11-;10-/m11/s1. The number of amides is 3. The number of carboxylic acid groups (broad SMARTS) is 1. The summed E-state index contributed by atoms with van der Waals surface area (Å²) in [4.78, 5) is 52.0. The molecule has 2 N–H and O–H groups in total. The van der Waals surface area contributed by atoms with E-state index in [2.05, 4.69) is 16.1 Å². The molecule has 0 heterocycles. The number of halogens is 6. The summed E-state index contributed by atoms with van der Waals surface area (Å²) in [5.41, 5.74) is -4.34. The quantitative estimate of drug-likeness (QED) is 0.116. The van der Waals surface area contributed by atoms with Crippen molar-refractivity contribution in [1.82, 2.24) is 15.3 Å². The highest BCUT2D eigenvalue weighted by molar-refractivity contribution is 6.01. The molecule has 0 spiro atoms. The molecule has 0 saturated heterocycles. The maximum Gasteiger partial charge on any atom is 0.408 e. The third kappa shape index (κ3) is 11.1. The molecule has 0 bridgehead atoms. The number of benzene rings is 2. The van der Waals surface area contributed by atoms with Crippen LogP contribution in [0, 0.1) is 23.5 Å². The Bertz CT molecular complexity index is 1660. The van der Waals surface area contributed by atoms with Crippen LogP contribution in [0.2, 0.25) is 0 Å². The number of likely N-dealkylation sites (N-methyl/N-ethyl adjacent to an activating group) is 1. The zero-order chi connectivity index (χ0) is 39.9. The van der Waals surface area contributed by atoms with Gasteiger partial charge in [-0.05, 0) is 80.4 Å². The Balaban J connectivity index is 0.000000510. The second-order valence-corrected chi connectivity index (χ2v) is 13.1. The van der Waals surface area contributed by atoms with Crippen LogP contribution in [0.1, 0.15) is 96.7 Å². The van der Waals surface area contributed by atoms with Gasteiger partial charge in [0.15, 0.2) is 0 Å². The number of alkyl halides is 4. The lowest BCUT2D eigenvalue weighted by atomic mass is 9.96. The van der Waals surface area contributed by atoms with Gasteiger partial charge in [0.05, 0.1) is 30.3 Å². The summed E-state index contributed by atoms with van der Waals surface area (Å²) in [7, 11) is 2.00. The Labute approximate surface area is 293 Å². The predicted octanol–water partition coefficient (Wildman–Crippen LogP) is 7.87. The molecule has 51 heavy (non-hydrogen) atoms. The van der Waals surface area contributed by atoms with Crippen LogP contribution in [0.15, 0.2) is 36.4 Å².